The van der Waals surface area contributed by atoms with E-state index in [2.05, 4.69) is 15.0 Å². The summed E-state index contributed by atoms with van der Waals surface area (Å²) in [7, 11) is 0. The highest BCUT2D eigenvalue weighted by molar-refractivity contribution is 6.09. The molecule has 1 aliphatic rings. The Morgan fingerprint density at radius 1 is 1.91 bits per heavy atom. The fourth-order valence-electron chi connectivity index (χ4n) is 0.711. The molecule has 1 unspecified atom stereocenters. The number of hydrogen-bond donors (Lipinski definition) is 1. The molecule has 0 aromatic rings. The summed E-state index contributed by atoms with van der Waals surface area (Å²) in [5.41, 5.74) is 0. The number of aliphatic imine (C=N–C) groups is 1. The molecule has 1 atom stereocenters. The first-order valence-electron chi connectivity index (χ1n) is 3.24. The fraction of sp³-hybridized carbons (Fsp3) is 0.500. The average Bonchev–Trinajstić information content (AvgIpc) is 2.36. The predicted molar refractivity (Wildman–Crippen MR) is 37.1 cm³/mol. The molecule has 0 radical (unpaired) electrons. The normalized spacial score (nSPS) is 21.5. The van der Waals surface area contributed by atoms with Crippen LogP contribution in [-0.4, -0.2) is 30.9 Å². The zero-order valence-electron chi connectivity index (χ0n) is 6.03. The van der Waals surface area contributed by atoms with E-state index in [1.165, 1.54) is 6.34 Å². The second kappa shape index (κ2) is 3.14. The third-order valence-corrected chi connectivity index (χ3v) is 1.19. The van der Waals surface area contributed by atoms with Crippen molar-refractivity contribution in [2.75, 3.05) is 6.61 Å². The molecule has 5 nitrogen and oxygen atoms in total. The Balaban J connectivity index is 2.53. The van der Waals surface area contributed by atoms with Gasteiger partial charge in [0.25, 0.3) is 5.91 Å². The van der Waals surface area contributed by atoms with Crippen molar-refractivity contribution in [2.45, 2.75) is 13.0 Å². The molecule has 1 N–H and O–H groups in total. The van der Waals surface area contributed by atoms with Crippen LogP contribution in [0.2, 0.25) is 0 Å². The number of carbonyl (C=O) groups excluding carboxylic acids is 2. The maximum Gasteiger partial charge on any atom is 0.340 e. The topological polar surface area (TPSA) is 67.8 Å². The standard InChI is InChI=1S/C6H8N2O3/c1-2-11-6(10)4-5(9)8-3-7-4/h3-4H,2H2,1H3,(H,7,8,9). The van der Waals surface area contributed by atoms with E-state index < -0.39 is 17.9 Å². The fourth-order valence-corrected chi connectivity index (χ4v) is 0.711. The minimum atomic E-state index is -0.991. The molecule has 1 aliphatic heterocycles. The number of esters is 1. The van der Waals surface area contributed by atoms with Gasteiger partial charge in [-0.3, -0.25) is 9.79 Å². The van der Waals surface area contributed by atoms with Gasteiger partial charge in [0.15, 0.2) is 0 Å². The molecule has 0 spiro atoms. The third-order valence-electron chi connectivity index (χ3n) is 1.19. The van der Waals surface area contributed by atoms with Crippen molar-refractivity contribution in [3.05, 3.63) is 0 Å². The van der Waals surface area contributed by atoms with Gasteiger partial charge in [0.05, 0.1) is 12.9 Å². The summed E-state index contributed by atoms with van der Waals surface area (Å²) in [6.45, 7) is 1.94. The van der Waals surface area contributed by atoms with Crippen LogP contribution in [0.3, 0.4) is 0 Å². The number of nitrogens with one attached hydrogen (secondary N) is 1. The van der Waals surface area contributed by atoms with Crippen molar-refractivity contribution >= 4 is 18.2 Å². The van der Waals surface area contributed by atoms with E-state index in [0.717, 1.165) is 0 Å². The van der Waals surface area contributed by atoms with Crippen LogP contribution in [0.1, 0.15) is 6.92 Å². The van der Waals surface area contributed by atoms with E-state index in [4.69, 9.17) is 0 Å². The Morgan fingerprint density at radius 2 is 2.64 bits per heavy atom. The first-order valence-corrected chi connectivity index (χ1v) is 3.24. The second-order valence-electron chi connectivity index (χ2n) is 1.94. The molecule has 11 heavy (non-hydrogen) atoms. The lowest BCUT2D eigenvalue weighted by molar-refractivity contribution is -0.147. The van der Waals surface area contributed by atoms with Gasteiger partial charge in [-0.1, -0.05) is 0 Å². The number of amides is 1. The second-order valence-corrected chi connectivity index (χ2v) is 1.94. The lowest BCUT2D eigenvalue weighted by Gasteiger charge is -2.02. The highest BCUT2D eigenvalue weighted by Gasteiger charge is 2.29. The number of nitrogens with zero attached hydrogens (tertiary/aromatic N) is 1. The van der Waals surface area contributed by atoms with E-state index in [1.807, 2.05) is 0 Å². The molecule has 0 aromatic heterocycles. The van der Waals surface area contributed by atoms with E-state index >= 15 is 0 Å². The van der Waals surface area contributed by atoms with Crippen molar-refractivity contribution < 1.29 is 14.3 Å². The highest BCUT2D eigenvalue weighted by atomic mass is 16.5. The van der Waals surface area contributed by atoms with Crippen LogP contribution in [0.25, 0.3) is 0 Å². The summed E-state index contributed by atoms with van der Waals surface area (Å²) < 4.78 is 4.58. The molecule has 0 bridgehead atoms. The first kappa shape index (κ1) is 7.71. The van der Waals surface area contributed by atoms with Crippen LogP contribution in [0, 0.1) is 0 Å². The molecule has 1 rings (SSSR count). The monoisotopic (exact) mass is 156 g/mol. The summed E-state index contributed by atoms with van der Waals surface area (Å²) >= 11 is 0. The van der Waals surface area contributed by atoms with Crippen LogP contribution in [0.4, 0.5) is 0 Å². The molecule has 0 saturated carbocycles. The van der Waals surface area contributed by atoms with Crippen molar-refractivity contribution in [1.82, 2.24) is 5.32 Å². The van der Waals surface area contributed by atoms with Gasteiger partial charge in [0, 0.05) is 0 Å². The molecule has 0 saturated heterocycles. The van der Waals surface area contributed by atoms with Gasteiger partial charge in [-0.2, -0.15) is 0 Å². The molecule has 1 heterocycles. The third kappa shape index (κ3) is 1.54. The van der Waals surface area contributed by atoms with Crippen molar-refractivity contribution in [3.63, 3.8) is 0 Å². The molecular formula is C6H8N2O3. The first-order chi connectivity index (χ1) is 5.25. The van der Waals surface area contributed by atoms with Crippen LogP contribution >= 0.6 is 0 Å². The summed E-state index contributed by atoms with van der Waals surface area (Å²) in [6.07, 6.45) is 1.20. The Bertz CT molecular complexity index is 212. The zero-order valence-corrected chi connectivity index (χ0v) is 6.03. The van der Waals surface area contributed by atoms with Gasteiger partial charge >= 0.3 is 5.97 Å². The summed E-state index contributed by atoms with van der Waals surface area (Å²) in [5, 5.41) is 2.28. The maximum absolute atomic E-state index is 10.9. The lowest BCUT2D eigenvalue weighted by Crippen LogP contribution is -2.32. The van der Waals surface area contributed by atoms with E-state index in [0.29, 0.717) is 0 Å². The number of hydrogen-bond acceptors (Lipinski definition) is 4. The Hall–Kier alpha value is -1.39. The Morgan fingerprint density at radius 3 is 3.09 bits per heavy atom. The average molecular weight is 156 g/mol. The van der Waals surface area contributed by atoms with Gasteiger partial charge in [-0.05, 0) is 6.92 Å². The quantitative estimate of drug-likeness (QED) is 0.415. The molecule has 5 heteroatoms. The predicted octanol–water partition coefficient (Wildman–Crippen LogP) is -0.924. The Labute approximate surface area is 63.4 Å². The number of rotatable bonds is 2. The number of ether oxygens (including phenoxy) is 1. The van der Waals surface area contributed by atoms with Gasteiger partial charge < -0.3 is 10.1 Å². The van der Waals surface area contributed by atoms with Gasteiger partial charge in [-0.15, -0.1) is 0 Å². The minimum absolute atomic E-state index is 0.262. The molecule has 0 aliphatic carbocycles. The van der Waals surface area contributed by atoms with Crippen LogP contribution in [-0.2, 0) is 14.3 Å². The molecule has 0 fully saturated rings. The van der Waals surface area contributed by atoms with Gasteiger partial charge in [-0.25, -0.2) is 4.79 Å². The van der Waals surface area contributed by atoms with Crippen molar-refractivity contribution in [1.29, 1.82) is 0 Å². The molecule has 1 amide bonds. The minimum Gasteiger partial charge on any atom is -0.464 e. The molecular weight excluding hydrogens is 148 g/mol. The summed E-state index contributed by atoms with van der Waals surface area (Å²) in [6, 6.07) is -0.991. The van der Waals surface area contributed by atoms with Crippen LogP contribution < -0.4 is 5.32 Å². The smallest absolute Gasteiger partial charge is 0.340 e. The van der Waals surface area contributed by atoms with Crippen LogP contribution in [0.15, 0.2) is 4.99 Å². The van der Waals surface area contributed by atoms with Crippen molar-refractivity contribution in [3.8, 4) is 0 Å². The Kier molecular flexibility index (Phi) is 2.20. The van der Waals surface area contributed by atoms with Crippen LogP contribution in [0.5, 0.6) is 0 Å². The zero-order chi connectivity index (χ0) is 8.27. The molecule has 0 aromatic carbocycles. The van der Waals surface area contributed by atoms with E-state index in [9.17, 15) is 9.59 Å². The largest absolute Gasteiger partial charge is 0.464 e. The SMILES string of the molecule is CCOC(=O)C1N=CNC1=O. The van der Waals surface area contributed by atoms with E-state index in [-0.39, 0.29) is 6.61 Å². The summed E-state index contributed by atoms with van der Waals surface area (Å²) in [5.74, 6) is -1.03. The lowest BCUT2D eigenvalue weighted by atomic mass is 10.3. The highest BCUT2D eigenvalue weighted by Crippen LogP contribution is 1.98. The summed E-state index contributed by atoms with van der Waals surface area (Å²) in [4.78, 5) is 25.2. The molecule has 60 valence electrons. The van der Waals surface area contributed by atoms with Gasteiger partial charge in [0.1, 0.15) is 0 Å². The number of carbonyl (C=O) groups is 2. The maximum atomic E-state index is 10.9. The van der Waals surface area contributed by atoms with Gasteiger partial charge in [0.2, 0.25) is 6.04 Å². The van der Waals surface area contributed by atoms with Crippen molar-refractivity contribution in [2.24, 2.45) is 4.99 Å². The van der Waals surface area contributed by atoms with E-state index in [1.54, 1.807) is 6.92 Å².